The number of nitrogens with one attached hydrogen (secondary N) is 2. The van der Waals surface area contributed by atoms with Gasteiger partial charge in [-0.25, -0.2) is 14.0 Å². The predicted octanol–water partition coefficient (Wildman–Crippen LogP) is 0.424. The van der Waals surface area contributed by atoms with Gasteiger partial charge in [0.15, 0.2) is 0 Å². The molecule has 23 heavy (non-hydrogen) atoms. The van der Waals surface area contributed by atoms with Gasteiger partial charge >= 0.3 is 12.1 Å². The fourth-order valence-electron chi connectivity index (χ4n) is 1.95. The van der Waals surface area contributed by atoms with Crippen LogP contribution in [0.4, 0.5) is 19.7 Å². The van der Waals surface area contributed by atoms with Crippen molar-refractivity contribution in [2.75, 3.05) is 31.6 Å². The van der Waals surface area contributed by atoms with Crippen LogP contribution in [0, 0.1) is 17.7 Å². The molecule has 0 bridgehead atoms. The van der Waals surface area contributed by atoms with E-state index in [0.29, 0.717) is 5.69 Å². The lowest BCUT2D eigenvalue weighted by atomic mass is 10.2. The summed E-state index contributed by atoms with van der Waals surface area (Å²) < 4.78 is 18.9. The van der Waals surface area contributed by atoms with Gasteiger partial charge in [-0.1, -0.05) is 11.8 Å². The number of halogens is 1. The molecule has 1 heterocycles. The highest BCUT2D eigenvalue weighted by atomic mass is 19.1. The number of cyclic esters (lactones) is 1. The molecular weight excluding hydrogens is 305 g/mol. The quantitative estimate of drug-likeness (QED) is 0.704. The molecule has 2 rings (SSSR count). The zero-order valence-corrected chi connectivity index (χ0v) is 12.4. The molecule has 1 aliphatic rings. The van der Waals surface area contributed by atoms with Crippen LogP contribution in [0.3, 0.4) is 0 Å². The van der Waals surface area contributed by atoms with E-state index in [1.54, 1.807) is 6.07 Å². The highest BCUT2D eigenvalue weighted by Gasteiger charge is 2.32. The third kappa shape index (κ3) is 4.11. The van der Waals surface area contributed by atoms with Gasteiger partial charge in [-0.15, -0.1) is 0 Å². The summed E-state index contributed by atoms with van der Waals surface area (Å²) in [5, 5.41) is 13.8. The van der Waals surface area contributed by atoms with Gasteiger partial charge in [-0.05, 0) is 18.2 Å². The van der Waals surface area contributed by atoms with Gasteiger partial charge < -0.3 is 20.5 Å². The second kappa shape index (κ2) is 7.47. The Morgan fingerprint density at radius 1 is 1.57 bits per heavy atom. The molecule has 1 aliphatic heterocycles. The fourth-order valence-corrected chi connectivity index (χ4v) is 1.95. The minimum atomic E-state index is -0.628. The molecule has 3 N–H and O–H groups in total. The standard InChI is InChI=1S/C15H16FN3O4/c1-17-14(21)18-6-2-3-10-4-5-11(7-13(10)16)19-8-12(9-20)23-15(19)22/h4-5,7,12,20H,6,8-9H2,1H3,(H2,17,18,21)/t12-/m1/s1. The molecule has 122 valence electrons. The van der Waals surface area contributed by atoms with Crippen LogP contribution in [-0.2, 0) is 4.74 Å². The van der Waals surface area contributed by atoms with Crippen LogP contribution in [-0.4, -0.2) is 50.1 Å². The van der Waals surface area contributed by atoms with Crippen molar-refractivity contribution < 1.29 is 23.8 Å². The molecule has 1 aromatic carbocycles. The van der Waals surface area contributed by atoms with E-state index in [0.717, 1.165) is 0 Å². The first-order chi connectivity index (χ1) is 11.0. The molecule has 1 fully saturated rings. The Labute approximate surface area is 132 Å². The van der Waals surface area contributed by atoms with Gasteiger partial charge in [0.1, 0.15) is 11.9 Å². The lowest BCUT2D eigenvalue weighted by Gasteiger charge is -2.13. The topological polar surface area (TPSA) is 90.9 Å². The van der Waals surface area contributed by atoms with Gasteiger partial charge in [0.2, 0.25) is 0 Å². The van der Waals surface area contributed by atoms with Crippen LogP contribution in [0.2, 0.25) is 0 Å². The summed E-state index contributed by atoms with van der Waals surface area (Å²) in [6, 6.07) is 3.79. The molecule has 0 radical (unpaired) electrons. The van der Waals surface area contributed by atoms with E-state index in [4.69, 9.17) is 9.84 Å². The van der Waals surface area contributed by atoms with Gasteiger partial charge in [0, 0.05) is 7.05 Å². The van der Waals surface area contributed by atoms with Gasteiger partial charge in [-0.2, -0.15) is 0 Å². The number of benzene rings is 1. The van der Waals surface area contributed by atoms with Crippen molar-refractivity contribution in [2.24, 2.45) is 0 Å². The van der Waals surface area contributed by atoms with E-state index in [9.17, 15) is 14.0 Å². The van der Waals surface area contributed by atoms with Crippen molar-refractivity contribution in [3.63, 3.8) is 0 Å². The predicted molar refractivity (Wildman–Crippen MR) is 80.4 cm³/mol. The molecule has 0 aromatic heterocycles. The van der Waals surface area contributed by atoms with Gasteiger partial charge in [-0.3, -0.25) is 4.90 Å². The van der Waals surface area contributed by atoms with E-state index in [1.165, 1.54) is 24.1 Å². The van der Waals surface area contributed by atoms with E-state index in [1.807, 2.05) is 0 Å². The van der Waals surface area contributed by atoms with Crippen LogP contribution in [0.1, 0.15) is 5.56 Å². The lowest BCUT2D eigenvalue weighted by molar-refractivity contribution is 0.0963. The number of hydrogen-bond acceptors (Lipinski definition) is 4. The number of hydrogen-bond donors (Lipinski definition) is 3. The molecule has 8 heteroatoms. The van der Waals surface area contributed by atoms with Crippen LogP contribution < -0.4 is 15.5 Å². The largest absolute Gasteiger partial charge is 0.441 e. The average Bonchev–Trinajstić information content (AvgIpc) is 2.93. The smallest absolute Gasteiger partial charge is 0.414 e. The Hall–Kier alpha value is -2.79. The molecule has 0 spiro atoms. The third-order valence-corrected chi connectivity index (χ3v) is 3.13. The molecule has 0 unspecified atom stereocenters. The molecule has 0 aliphatic carbocycles. The molecule has 1 aromatic rings. The van der Waals surface area contributed by atoms with E-state index in [-0.39, 0.29) is 31.3 Å². The highest BCUT2D eigenvalue weighted by molar-refractivity contribution is 5.89. The van der Waals surface area contributed by atoms with E-state index < -0.39 is 18.0 Å². The number of carbonyl (C=O) groups is 2. The number of carbonyl (C=O) groups excluding carboxylic acids is 2. The number of anilines is 1. The third-order valence-electron chi connectivity index (χ3n) is 3.13. The number of amides is 3. The maximum atomic E-state index is 14.0. The minimum Gasteiger partial charge on any atom is -0.441 e. The normalized spacial score (nSPS) is 16.4. The average molecular weight is 321 g/mol. The number of rotatable bonds is 3. The summed E-state index contributed by atoms with van der Waals surface area (Å²) in [6.07, 6.45) is -1.24. The van der Waals surface area contributed by atoms with E-state index in [2.05, 4.69) is 22.5 Å². The van der Waals surface area contributed by atoms with Crippen molar-refractivity contribution in [3.05, 3.63) is 29.6 Å². The van der Waals surface area contributed by atoms with Crippen molar-refractivity contribution >= 4 is 17.8 Å². The summed E-state index contributed by atoms with van der Waals surface area (Å²) in [5.74, 6) is 4.63. The monoisotopic (exact) mass is 321 g/mol. The van der Waals surface area contributed by atoms with Crippen LogP contribution in [0.15, 0.2) is 18.2 Å². The second-order valence-electron chi connectivity index (χ2n) is 4.70. The molecular formula is C15H16FN3O4. The molecule has 7 nitrogen and oxygen atoms in total. The molecule has 1 atom stereocenters. The number of aliphatic hydroxyl groups is 1. The maximum absolute atomic E-state index is 14.0. The Kier molecular flexibility index (Phi) is 5.38. The molecule has 0 saturated carbocycles. The van der Waals surface area contributed by atoms with Crippen molar-refractivity contribution in [1.82, 2.24) is 10.6 Å². The second-order valence-corrected chi connectivity index (χ2v) is 4.70. The zero-order chi connectivity index (χ0) is 16.8. The van der Waals surface area contributed by atoms with Crippen molar-refractivity contribution in [1.29, 1.82) is 0 Å². The van der Waals surface area contributed by atoms with Crippen molar-refractivity contribution in [3.8, 4) is 11.8 Å². The van der Waals surface area contributed by atoms with Gasteiger partial charge in [0.05, 0.1) is 30.9 Å². The highest BCUT2D eigenvalue weighted by Crippen LogP contribution is 2.23. The summed E-state index contributed by atoms with van der Waals surface area (Å²) in [6.45, 7) is -0.0417. The molecule has 3 amide bonds. The zero-order valence-electron chi connectivity index (χ0n) is 12.4. The van der Waals surface area contributed by atoms with Crippen LogP contribution in [0.5, 0.6) is 0 Å². The number of aliphatic hydroxyl groups excluding tert-OH is 1. The fraction of sp³-hybridized carbons (Fsp3) is 0.333. The minimum absolute atomic E-state index is 0.0808. The Bertz CT molecular complexity index is 668. The molecule has 1 saturated heterocycles. The van der Waals surface area contributed by atoms with Crippen molar-refractivity contribution in [2.45, 2.75) is 6.10 Å². The first-order valence-corrected chi connectivity index (χ1v) is 6.88. The van der Waals surface area contributed by atoms with E-state index >= 15 is 0 Å². The summed E-state index contributed by atoms with van der Waals surface area (Å²) in [5.41, 5.74) is 0.483. The van der Waals surface area contributed by atoms with Crippen LogP contribution >= 0.6 is 0 Å². The summed E-state index contributed by atoms with van der Waals surface area (Å²) in [4.78, 5) is 23.8. The van der Waals surface area contributed by atoms with Gasteiger partial charge in [0.25, 0.3) is 0 Å². The number of ether oxygens (including phenoxy) is 1. The first kappa shape index (κ1) is 16.6. The summed E-state index contributed by atoms with van der Waals surface area (Å²) in [7, 11) is 1.48. The lowest BCUT2D eigenvalue weighted by Crippen LogP contribution is -2.32. The van der Waals surface area contributed by atoms with Crippen LogP contribution in [0.25, 0.3) is 0 Å². The Morgan fingerprint density at radius 2 is 2.35 bits per heavy atom. The Balaban J connectivity index is 2.05. The Morgan fingerprint density at radius 3 is 2.96 bits per heavy atom. The number of urea groups is 1. The number of nitrogens with zero attached hydrogens (tertiary/aromatic N) is 1. The maximum Gasteiger partial charge on any atom is 0.414 e. The summed E-state index contributed by atoms with van der Waals surface area (Å²) >= 11 is 0. The first-order valence-electron chi connectivity index (χ1n) is 6.88. The SMILES string of the molecule is CNC(=O)NCC#Cc1ccc(N2C[C@H](CO)OC2=O)cc1F.